The van der Waals surface area contributed by atoms with Crippen LogP contribution in [0.25, 0.3) is 10.8 Å². The van der Waals surface area contributed by atoms with Crippen LogP contribution in [0.3, 0.4) is 0 Å². The Hall–Kier alpha value is -2.92. The normalized spacial score (nSPS) is 14.0. The van der Waals surface area contributed by atoms with E-state index in [0.29, 0.717) is 18.1 Å². The molecule has 2 heterocycles. The van der Waals surface area contributed by atoms with Gasteiger partial charge >= 0.3 is 0 Å². The van der Waals surface area contributed by atoms with Crippen molar-refractivity contribution >= 4 is 39.9 Å². The average molecular weight is 380 g/mol. The molecule has 1 fully saturated rings. The molecule has 6 heteroatoms. The first kappa shape index (κ1) is 17.5. The number of aromatic nitrogens is 1. The molecule has 27 heavy (non-hydrogen) atoms. The van der Waals surface area contributed by atoms with Crippen LogP contribution in [-0.2, 0) is 11.3 Å². The molecule has 0 aliphatic carbocycles. The molecule has 3 aromatic rings. The highest BCUT2D eigenvalue weighted by atomic mass is 35.5. The van der Waals surface area contributed by atoms with Crippen LogP contribution in [0.4, 0.5) is 5.69 Å². The van der Waals surface area contributed by atoms with Gasteiger partial charge in [0.05, 0.1) is 0 Å². The number of hydrogen-bond acceptors (Lipinski definition) is 3. The van der Waals surface area contributed by atoms with Crippen molar-refractivity contribution in [3.8, 4) is 0 Å². The first-order valence-electron chi connectivity index (χ1n) is 8.84. The Labute approximate surface area is 162 Å². The molecular formula is C21H18ClN3O2. The Balaban J connectivity index is 1.49. The maximum atomic E-state index is 12.5. The summed E-state index contributed by atoms with van der Waals surface area (Å²) in [6, 6.07) is 16.9. The summed E-state index contributed by atoms with van der Waals surface area (Å²) < 4.78 is 0. The number of rotatable bonds is 4. The van der Waals surface area contributed by atoms with Gasteiger partial charge in [-0.05, 0) is 35.6 Å². The van der Waals surface area contributed by atoms with E-state index >= 15 is 0 Å². The number of pyridine rings is 1. The number of halogens is 1. The fourth-order valence-electron chi connectivity index (χ4n) is 3.30. The number of amides is 2. The van der Waals surface area contributed by atoms with E-state index in [2.05, 4.69) is 10.3 Å². The van der Waals surface area contributed by atoms with Crippen molar-refractivity contribution in [2.45, 2.75) is 19.4 Å². The van der Waals surface area contributed by atoms with E-state index in [4.69, 9.17) is 11.6 Å². The van der Waals surface area contributed by atoms with Crippen LogP contribution >= 0.6 is 11.6 Å². The summed E-state index contributed by atoms with van der Waals surface area (Å²) in [4.78, 5) is 30.4. The molecule has 1 saturated heterocycles. The lowest BCUT2D eigenvalue weighted by molar-refractivity contribution is -0.117. The third-order valence-electron chi connectivity index (χ3n) is 4.68. The van der Waals surface area contributed by atoms with Gasteiger partial charge in [-0.25, -0.2) is 4.98 Å². The fourth-order valence-corrected chi connectivity index (χ4v) is 3.56. The predicted octanol–water partition coefficient (Wildman–Crippen LogP) is 3.95. The summed E-state index contributed by atoms with van der Waals surface area (Å²) in [5.41, 5.74) is 2.08. The standard InChI is InChI=1S/C21H18ClN3O2/c22-20-17-8-2-1-6-15(17)12-18(24-20)21(27)23-13-14-5-3-7-16(11-14)25-10-4-9-19(25)26/h1-3,5-8,11-12H,4,9-10,13H2,(H,23,27). The van der Waals surface area contributed by atoms with Gasteiger partial charge in [-0.1, -0.05) is 48.0 Å². The maximum Gasteiger partial charge on any atom is 0.270 e. The second-order valence-electron chi connectivity index (χ2n) is 6.52. The number of benzene rings is 2. The topological polar surface area (TPSA) is 62.3 Å². The molecule has 0 saturated carbocycles. The molecule has 4 rings (SSSR count). The quantitative estimate of drug-likeness (QED) is 0.698. The van der Waals surface area contributed by atoms with E-state index in [9.17, 15) is 9.59 Å². The molecule has 1 aliphatic heterocycles. The largest absolute Gasteiger partial charge is 0.347 e. The van der Waals surface area contributed by atoms with Crippen LogP contribution < -0.4 is 10.2 Å². The zero-order valence-electron chi connectivity index (χ0n) is 14.6. The maximum absolute atomic E-state index is 12.5. The van der Waals surface area contributed by atoms with E-state index in [1.54, 1.807) is 11.0 Å². The molecular weight excluding hydrogens is 362 g/mol. The second-order valence-corrected chi connectivity index (χ2v) is 6.88. The number of carbonyl (C=O) groups excluding carboxylic acids is 2. The van der Waals surface area contributed by atoms with Gasteiger partial charge in [0.15, 0.2) is 0 Å². The third-order valence-corrected chi connectivity index (χ3v) is 4.96. The van der Waals surface area contributed by atoms with Crippen LogP contribution in [0.5, 0.6) is 0 Å². The average Bonchev–Trinajstić information content (AvgIpc) is 3.12. The monoisotopic (exact) mass is 379 g/mol. The van der Waals surface area contributed by atoms with Crippen LogP contribution in [0.1, 0.15) is 28.9 Å². The molecule has 0 radical (unpaired) electrons. The molecule has 0 bridgehead atoms. The van der Waals surface area contributed by atoms with Crippen molar-refractivity contribution in [3.05, 3.63) is 71.0 Å². The first-order chi connectivity index (χ1) is 13.1. The van der Waals surface area contributed by atoms with Gasteiger partial charge in [0.1, 0.15) is 10.8 Å². The van der Waals surface area contributed by atoms with Crippen molar-refractivity contribution in [2.24, 2.45) is 0 Å². The number of anilines is 1. The van der Waals surface area contributed by atoms with Crippen LogP contribution in [-0.4, -0.2) is 23.3 Å². The molecule has 2 amide bonds. The van der Waals surface area contributed by atoms with Gasteiger partial charge in [0, 0.05) is 30.6 Å². The SMILES string of the molecule is O=C(NCc1cccc(N2CCCC2=O)c1)c1cc2ccccc2c(Cl)n1. The lowest BCUT2D eigenvalue weighted by atomic mass is 10.1. The summed E-state index contributed by atoms with van der Waals surface area (Å²) in [7, 11) is 0. The molecule has 1 aromatic heterocycles. The smallest absolute Gasteiger partial charge is 0.270 e. The molecule has 2 aromatic carbocycles. The highest BCUT2D eigenvalue weighted by molar-refractivity contribution is 6.34. The minimum atomic E-state index is -0.287. The van der Waals surface area contributed by atoms with Gasteiger partial charge in [-0.3, -0.25) is 9.59 Å². The molecule has 0 spiro atoms. The summed E-state index contributed by atoms with van der Waals surface area (Å²) in [5.74, 6) is -0.142. The minimum Gasteiger partial charge on any atom is -0.347 e. The zero-order valence-corrected chi connectivity index (χ0v) is 15.4. The summed E-state index contributed by atoms with van der Waals surface area (Å²) in [6.07, 6.45) is 1.48. The Morgan fingerprint density at radius 2 is 2.00 bits per heavy atom. The molecule has 0 atom stereocenters. The van der Waals surface area contributed by atoms with Gasteiger partial charge in [0.2, 0.25) is 5.91 Å². The molecule has 1 N–H and O–H groups in total. The van der Waals surface area contributed by atoms with Crippen LogP contribution in [0.2, 0.25) is 5.15 Å². The number of hydrogen-bond donors (Lipinski definition) is 1. The molecule has 136 valence electrons. The predicted molar refractivity (Wildman–Crippen MR) is 106 cm³/mol. The van der Waals surface area contributed by atoms with Crippen LogP contribution in [0.15, 0.2) is 54.6 Å². The van der Waals surface area contributed by atoms with Crippen molar-refractivity contribution in [2.75, 3.05) is 11.4 Å². The third kappa shape index (κ3) is 3.64. The Morgan fingerprint density at radius 1 is 1.15 bits per heavy atom. The van der Waals surface area contributed by atoms with Crippen molar-refractivity contribution in [1.29, 1.82) is 0 Å². The fraction of sp³-hybridized carbons (Fsp3) is 0.190. The van der Waals surface area contributed by atoms with E-state index < -0.39 is 0 Å². The van der Waals surface area contributed by atoms with E-state index in [1.165, 1.54) is 0 Å². The summed E-state index contributed by atoms with van der Waals surface area (Å²) in [5, 5.41) is 4.88. The number of nitrogens with one attached hydrogen (secondary N) is 1. The lowest BCUT2D eigenvalue weighted by Crippen LogP contribution is -2.25. The highest BCUT2D eigenvalue weighted by Crippen LogP contribution is 2.23. The number of nitrogens with zero attached hydrogens (tertiary/aromatic N) is 2. The van der Waals surface area contributed by atoms with Crippen molar-refractivity contribution in [3.63, 3.8) is 0 Å². The number of fused-ring (bicyclic) bond motifs is 1. The van der Waals surface area contributed by atoms with E-state index in [0.717, 1.165) is 35.0 Å². The molecule has 1 aliphatic rings. The van der Waals surface area contributed by atoms with Gasteiger partial charge in [-0.2, -0.15) is 0 Å². The van der Waals surface area contributed by atoms with Crippen LogP contribution in [0, 0.1) is 0 Å². The lowest BCUT2D eigenvalue weighted by Gasteiger charge is -2.16. The Kier molecular flexibility index (Phi) is 4.77. The first-order valence-corrected chi connectivity index (χ1v) is 9.22. The van der Waals surface area contributed by atoms with E-state index in [-0.39, 0.29) is 17.5 Å². The summed E-state index contributed by atoms with van der Waals surface area (Å²) in [6.45, 7) is 1.09. The highest BCUT2D eigenvalue weighted by Gasteiger charge is 2.21. The minimum absolute atomic E-state index is 0.145. The Bertz CT molecular complexity index is 1030. The van der Waals surface area contributed by atoms with Gasteiger partial charge < -0.3 is 10.2 Å². The molecule has 0 unspecified atom stereocenters. The number of carbonyl (C=O) groups is 2. The van der Waals surface area contributed by atoms with Crippen molar-refractivity contribution in [1.82, 2.24) is 10.3 Å². The van der Waals surface area contributed by atoms with E-state index in [1.807, 2.05) is 48.5 Å². The zero-order chi connectivity index (χ0) is 18.8. The molecule has 5 nitrogen and oxygen atoms in total. The second kappa shape index (κ2) is 7.37. The van der Waals surface area contributed by atoms with Gasteiger partial charge in [0.25, 0.3) is 5.91 Å². The van der Waals surface area contributed by atoms with Crippen molar-refractivity contribution < 1.29 is 9.59 Å². The van der Waals surface area contributed by atoms with Gasteiger partial charge in [-0.15, -0.1) is 0 Å². The summed E-state index contributed by atoms with van der Waals surface area (Å²) >= 11 is 6.20. The Morgan fingerprint density at radius 3 is 2.81 bits per heavy atom.